The van der Waals surface area contributed by atoms with Crippen molar-refractivity contribution in [3.05, 3.63) is 318 Å². The maximum Gasteiger partial charge on any atom is 0.162 e. The average molecular weight is 980 g/mol. The summed E-state index contributed by atoms with van der Waals surface area (Å²) in [7, 11) is 0. The fourth-order valence-corrected chi connectivity index (χ4v) is 13.5. The third-order valence-electron chi connectivity index (χ3n) is 16.6. The second kappa shape index (κ2) is 16.7. The van der Waals surface area contributed by atoms with E-state index in [1.54, 1.807) is 0 Å². The van der Waals surface area contributed by atoms with Crippen LogP contribution in [-0.4, -0.2) is 24.5 Å². The Balaban J connectivity index is 0.943. The van der Waals surface area contributed by atoms with Crippen LogP contribution in [0.2, 0.25) is 0 Å². The molecule has 0 unspecified atom stereocenters. The summed E-state index contributed by atoms with van der Waals surface area (Å²) in [6.45, 7) is 0. The number of hydrogen-bond donors (Lipinski definition) is 0. The van der Waals surface area contributed by atoms with Crippen LogP contribution >= 0.6 is 0 Å². The predicted octanol–water partition coefficient (Wildman–Crippen LogP) is 16.7. The number of fused-ring (bicyclic) bond motifs is 12. The number of hydrogen-bond acceptors (Lipinski definition) is 4. The molecule has 0 saturated heterocycles. The molecule has 358 valence electrons. The summed E-state index contributed by atoms with van der Waals surface area (Å²) < 4.78 is 2.22. The SMILES string of the molecule is c1ccc(C2(c3cccc(-c4ccc5ccc6c(-n7c8ccccc8c8cccnc87)nc(-c7cccc(C8(c9ccccc9)c9ccccc9-c9ccccc98)c7)nc6c5n4)c3)c3ccccc3-c3ccccc32)cc1. The Hall–Kier alpha value is -10.1. The van der Waals surface area contributed by atoms with Crippen molar-refractivity contribution in [1.82, 2.24) is 24.5 Å². The first-order chi connectivity index (χ1) is 38.2. The lowest BCUT2D eigenvalue weighted by atomic mass is 9.67. The zero-order valence-corrected chi connectivity index (χ0v) is 41.7. The normalized spacial score (nSPS) is 13.7. The van der Waals surface area contributed by atoms with E-state index < -0.39 is 10.8 Å². The average Bonchev–Trinajstić information content (AvgIpc) is 4.15. The van der Waals surface area contributed by atoms with Crippen LogP contribution < -0.4 is 0 Å². The monoisotopic (exact) mass is 979 g/mol. The van der Waals surface area contributed by atoms with E-state index in [0.717, 1.165) is 71.9 Å². The minimum absolute atomic E-state index is 0.544. The number of aromatic nitrogens is 5. The molecule has 0 N–H and O–H groups in total. The summed E-state index contributed by atoms with van der Waals surface area (Å²) in [5.41, 5.74) is 19.9. The van der Waals surface area contributed by atoms with Gasteiger partial charge in [-0.2, -0.15) is 0 Å². The molecular formula is C72H45N5. The zero-order valence-electron chi connectivity index (χ0n) is 41.7. The molecular weight excluding hydrogens is 935 g/mol. The third kappa shape index (κ3) is 6.11. The van der Waals surface area contributed by atoms with E-state index in [4.69, 9.17) is 19.9 Å². The van der Waals surface area contributed by atoms with Crippen LogP contribution in [0.15, 0.2) is 273 Å². The van der Waals surface area contributed by atoms with Gasteiger partial charge in [0.05, 0.1) is 27.6 Å². The Bertz CT molecular complexity index is 4570. The molecule has 77 heavy (non-hydrogen) atoms. The molecule has 2 aliphatic carbocycles. The van der Waals surface area contributed by atoms with E-state index in [2.05, 4.69) is 265 Å². The van der Waals surface area contributed by atoms with Gasteiger partial charge in [-0.05, 0) is 109 Å². The highest BCUT2D eigenvalue weighted by Gasteiger charge is 2.47. The highest BCUT2D eigenvalue weighted by molar-refractivity contribution is 6.11. The first-order valence-corrected chi connectivity index (χ1v) is 26.4. The molecule has 0 amide bonds. The molecule has 10 aromatic carbocycles. The Morgan fingerprint density at radius 1 is 0.325 bits per heavy atom. The molecule has 5 nitrogen and oxygen atoms in total. The molecule has 5 heteroatoms. The molecule has 4 heterocycles. The van der Waals surface area contributed by atoms with Gasteiger partial charge in [-0.25, -0.2) is 19.9 Å². The number of para-hydroxylation sites is 1. The maximum absolute atomic E-state index is 5.67. The first-order valence-electron chi connectivity index (χ1n) is 26.4. The number of benzene rings is 10. The van der Waals surface area contributed by atoms with Crippen LogP contribution in [0.1, 0.15) is 44.5 Å². The fourth-order valence-electron chi connectivity index (χ4n) is 13.5. The van der Waals surface area contributed by atoms with E-state index in [1.807, 2.05) is 12.3 Å². The molecule has 0 aliphatic heterocycles. The van der Waals surface area contributed by atoms with E-state index in [0.29, 0.717) is 5.82 Å². The maximum atomic E-state index is 5.67. The van der Waals surface area contributed by atoms with Crippen LogP contribution in [0.3, 0.4) is 0 Å². The standard InChI is InChI=1S/C72H45N5/c1-3-22-49(23-4-1)71(60-34-12-7-28-53(60)54-29-8-13-35-61(54)71)51-26-17-20-47(44-51)64-42-40-46-39-41-59-67(66(46)74-64)75-68(76-70(59)77-65-38-16-11-32-57(65)58-33-19-43-73-69(58)77)48-21-18-27-52(45-48)72(50-24-5-2-6-25-50)62-36-14-9-30-55(62)56-31-10-15-37-63(56)72/h1-45H. The van der Waals surface area contributed by atoms with Gasteiger partial charge in [0, 0.05) is 38.9 Å². The first kappa shape index (κ1) is 43.3. The van der Waals surface area contributed by atoms with Crippen LogP contribution in [-0.2, 0) is 10.8 Å². The largest absolute Gasteiger partial charge is 0.277 e. The van der Waals surface area contributed by atoms with E-state index in [9.17, 15) is 0 Å². The lowest BCUT2D eigenvalue weighted by Gasteiger charge is -2.34. The Labute approximate surface area is 445 Å². The molecule has 0 bridgehead atoms. The fraction of sp³-hybridized carbons (Fsp3) is 0.0278. The second-order valence-corrected chi connectivity index (χ2v) is 20.4. The molecule has 14 aromatic rings. The summed E-state index contributed by atoms with van der Waals surface area (Å²) in [4.78, 5) is 22.1. The lowest BCUT2D eigenvalue weighted by molar-refractivity contribution is 0.768. The smallest absolute Gasteiger partial charge is 0.162 e. The number of nitrogens with zero attached hydrogens (tertiary/aromatic N) is 5. The van der Waals surface area contributed by atoms with Crippen molar-refractivity contribution < 1.29 is 0 Å². The number of rotatable bonds is 7. The molecule has 2 aliphatic rings. The summed E-state index contributed by atoms with van der Waals surface area (Å²) in [6.07, 6.45) is 1.87. The Kier molecular flexibility index (Phi) is 9.40. The number of pyridine rings is 2. The zero-order chi connectivity index (χ0) is 50.7. The van der Waals surface area contributed by atoms with Crippen molar-refractivity contribution in [3.8, 4) is 50.7 Å². The van der Waals surface area contributed by atoms with Gasteiger partial charge < -0.3 is 0 Å². The van der Waals surface area contributed by atoms with Crippen LogP contribution in [0, 0.1) is 0 Å². The van der Waals surface area contributed by atoms with E-state index >= 15 is 0 Å². The summed E-state index contributed by atoms with van der Waals surface area (Å²) in [6, 6.07) is 96.8. The lowest BCUT2D eigenvalue weighted by Crippen LogP contribution is -2.28. The summed E-state index contributed by atoms with van der Waals surface area (Å²) in [5, 5.41) is 4.04. The minimum Gasteiger partial charge on any atom is -0.277 e. The van der Waals surface area contributed by atoms with Crippen LogP contribution in [0.5, 0.6) is 0 Å². The van der Waals surface area contributed by atoms with Gasteiger partial charge in [-0.3, -0.25) is 4.57 Å². The van der Waals surface area contributed by atoms with Crippen LogP contribution in [0.25, 0.3) is 94.5 Å². The summed E-state index contributed by atoms with van der Waals surface area (Å²) >= 11 is 0. The van der Waals surface area contributed by atoms with Crippen LogP contribution in [0.4, 0.5) is 0 Å². The van der Waals surface area contributed by atoms with Gasteiger partial charge >= 0.3 is 0 Å². The summed E-state index contributed by atoms with van der Waals surface area (Å²) in [5.74, 6) is 1.35. The minimum atomic E-state index is -0.597. The van der Waals surface area contributed by atoms with Gasteiger partial charge in [0.2, 0.25) is 0 Å². The molecule has 0 radical (unpaired) electrons. The van der Waals surface area contributed by atoms with Gasteiger partial charge in [0.25, 0.3) is 0 Å². The van der Waals surface area contributed by atoms with Crippen molar-refractivity contribution in [2.75, 3.05) is 0 Å². The molecule has 0 atom stereocenters. The van der Waals surface area contributed by atoms with Crippen molar-refractivity contribution in [2.24, 2.45) is 0 Å². The third-order valence-corrected chi connectivity index (χ3v) is 16.6. The topological polar surface area (TPSA) is 56.5 Å². The highest BCUT2D eigenvalue weighted by Crippen LogP contribution is 2.58. The molecule has 4 aromatic heterocycles. The quantitative estimate of drug-likeness (QED) is 0.149. The second-order valence-electron chi connectivity index (χ2n) is 20.4. The molecule has 0 spiro atoms. The molecule has 0 fully saturated rings. The van der Waals surface area contributed by atoms with Crippen molar-refractivity contribution in [2.45, 2.75) is 10.8 Å². The molecule has 16 rings (SSSR count). The Morgan fingerprint density at radius 3 is 1.43 bits per heavy atom. The van der Waals surface area contributed by atoms with Gasteiger partial charge in [0.15, 0.2) is 11.6 Å². The van der Waals surface area contributed by atoms with Crippen molar-refractivity contribution in [1.29, 1.82) is 0 Å². The molecule has 0 saturated carbocycles. The van der Waals surface area contributed by atoms with E-state index in [-0.39, 0.29) is 0 Å². The van der Waals surface area contributed by atoms with Gasteiger partial charge in [-0.15, -0.1) is 0 Å². The van der Waals surface area contributed by atoms with Gasteiger partial charge in [0.1, 0.15) is 11.2 Å². The van der Waals surface area contributed by atoms with Crippen molar-refractivity contribution in [3.63, 3.8) is 0 Å². The van der Waals surface area contributed by atoms with Crippen molar-refractivity contribution >= 4 is 43.7 Å². The predicted molar refractivity (Wildman–Crippen MR) is 312 cm³/mol. The van der Waals surface area contributed by atoms with E-state index in [1.165, 1.54) is 61.2 Å². The highest BCUT2D eigenvalue weighted by atomic mass is 15.1. The Morgan fingerprint density at radius 2 is 0.818 bits per heavy atom. The van der Waals surface area contributed by atoms with Gasteiger partial charge in [-0.1, -0.05) is 224 Å².